The Morgan fingerprint density at radius 3 is 2.24 bits per heavy atom. The zero-order chi connectivity index (χ0) is 14.8. The van der Waals surface area contributed by atoms with Crippen LogP contribution in [0.25, 0.3) is 0 Å². The molecule has 1 aliphatic rings. The van der Waals surface area contributed by atoms with E-state index in [-0.39, 0.29) is 6.04 Å². The number of hydrogen-bond acceptors (Lipinski definition) is 2. The number of nitrogens with one attached hydrogen (secondary N) is 1. The molecule has 1 aliphatic carbocycles. The van der Waals surface area contributed by atoms with Crippen LogP contribution in [0.1, 0.15) is 34.8 Å². The first-order chi connectivity index (χ1) is 10.1. The summed E-state index contributed by atoms with van der Waals surface area (Å²) >= 11 is 5.95. The van der Waals surface area contributed by atoms with Crippen molar-refractivity contribution < 1.29 is 4.79 Å². The van der Waals surface area contributed by atoms with Crippen LogP contribution in [-0.2, 0) is 0 Å². The Hall–Kier alpha value is -2.00. The van der Waals surface area contributed by atoms with Gasteiger partial charge in [0.2, 0.25) is 5.91 Å². The molecule has 4 heteroatoms. The van der Waals surface area contributed by atoms with Gasteiger partial charge in [0.25, 0.3) is 0 Å². The SMILES string of the molecule is NC(=O)c1ccc(NC(c2ccc(Cl)cc2)C2CC2)cc1. The molecular formula is C17H17ClN2O. The van der Waals surface area contributed by atoms with E-state index >= 15 is 0 Å². The average molecular weight is 301 g/mol. The smallest absolute Gasteiger partial charge is 0.248 e. The molecular weight excluding hydrogens is 284 g/mol. The van der Waals surface area contributed by atoms with Gasteiger partial charge in [0.15, 0.2) is 0 Å². The summed E-state index contributed by atoms with van der Waals surface area (Å²) in [4.78, 5) is 11.1. The first-order valence-electron chi connectivity index (χ1n) is 7.05. The average Bonchev–Trinajstić information content (AvgIpc) is 3.31. The van der Waals surface area contributed by atoms with E-state index in [4.69, 9.17) is 17.3 Å². The monoisotopic (exact) mass is 300 g/mol. The van der Waals surface area contributed by atoms with Gasteiger partial charge in [-0.25, -0.2) is 0 Å². The Bertz CT molecular complexity index is 633. The fourth-order valence-corrected chi connectivity index (χ4v) is 2.61. The van der Waals surface area contributed by atoms with Crippen LogP contribution < -0.4 is 11.1 Å². The van der Waals surface area contributed by atoms with E-state index in [0.717, 1.165) is 10.7 Å². The lowest BCUT2D eigenvalue weighted by molar-refractivity contribution is 0.100. The third kappa shape index (κ3) is 3.37. The third-order valence-corrected chi connectivity index (χ3v) is 4.07. The molecule has 3 nitrogen and oxygen atoms in total. The second-order valence-corrected chi connectivity index (χ2v) is 5.89. The lowest BCUT2D eigenvalue weighted by Gasteiger charge is -2.20. The molecule has 1 saturated carbocycles. The van der Waals surface area contributed by atoms with Crippen molar-refractivity contribution in [3.8, 4) is 0 Å². The Morgan fingerprint density at radius 1 is 1.10 bits per heavy atom. The maximum absolute atomic E-state index is 11.1. The highest BCUT2D eigenvalue weighted by Gasteiger charge is 2.32. The van der Waals surface area contributed by atoms with Crippen molar-refractivity contribution in [3.05, 3.63) is 64.7 Å². The van der Waals surface area contributed by atoms with Crippen molar-refractivity contribution in [3.63, 3.8) is 0 Å². The lowest BCUT2D eigenvalue weighted by atomic mass is 10.0. The van der Waals surface area contributed by atoms with Gasteiger partial charge in [-0.1, -0.05) is 23.7 Å². The Labute approximate surface area is 129 Å². The molecule has 108 valence electrons. The summed E-state index contributed by atoms with van der Waals surface area (Å²) in [6.07, 6.45) is 2.47. The Kier molecular flexibility index (Phi) is 3.84. The van der Waals surface area contributed by atoms with Crippen molar-refractivity contribution in [1.82, 2.24) is 0 Å². The molecule has 0 saturated heterocycles. The standard InChI is InChI=1S/C17H17ClN2O/c18-14-7-3-12(4-8-14)16(11-1-2-11)20-15-9-5-13(6-10-15)17(19)21/h3-11,16,20H,1-2H2,(H2,19,21). The molecule has 3 N–H and O–H groups in total. The van der Waals surface area contributed by atoms with Gasteiger partial charge in [-0.2, -0.15) is 0 Å². The van der Waals surface area contributed by atoms with Gasteiger partial charge in [-0.05, 0) is 60.7 Å². The van der Waals surface area contributed by atoms with Gasteiger partial charge < -0.3 is 11.1 Å². The van der Waals surface area contributed by atoms with Crippen molar-refractivity contribution >= 4 is 23.2 Å². The molecule has 0 bridgehead atoms. The summed E-state index contributed by atoms with van der Waals surface area (Å²) in [5.74, 6) is 0.250. The molecule has 21 heavy (non-hydrogen) atoms. The molecule has 1 amide bonds. The summed E-state index contributed by atoms with van der Waals surface area (Å²) in [6, 6.07) is 15.5. The van der Waals surface area contributed by atoms with E-state index in [1.807, 2.05) is 24.3 Å². The van der Waals surface area contributed by atoms with Crippen LogP contribution in [-0.4, -0.2) is 5.91 Å². The second kappa shape index (κ2) is 5.78. The summed E-state index contributed by atoms with van der Waals surface area (Å²) in [5.41, 5.74) is 8.01. The fraction of sp³-hybridized carbons (Fsp3) is 0.235. The molecule has 1 unspecified atom stereocenters. The van der Waals surface area contributed by atoms with Gasteiger partial charge in [0.1, 0.15) is 0 Å². The zero-order valence-corrected chi connectivity index (χ0v) is 12.3. The molecule has 3 rings (SSSR count). The van der Waals surface area contributed by atoms with Crippen LogP contribution in [0.3, 0.4) is 0 Å². The normalized spacial score (nSPS) is 15.5. The van der Waals surface area contributed by atoms with Crippen LogP contribution >= 0.6 is 11.6 Å². The second-order valence-electron chi connectivity index (χ2n) is 5.45. The minimum absolute atomic E-state index is 0.279. The van der Waals surface area contributed by atoms with Crippen molar-refractivity contribution in [2.75, 3.05) is 5.32 Å². The first kappa shape index (κ1) is 14.0. The zero-order valence-electron chi connectivity index (χ0n) is 11.6. The Morgan fingerprint density at radius 2 is 1.71 bits per heavy atom. The van der Waals surface area contributed by atoms with Crippen LogP contribution in [0.15, 0.2) is 48.5 Å². The number of amides is 1. The van der Waals surface area contributed by atoms with E-state index in [9.17, 15) is 4.79 Å². The number of halogens is 1. The molecule has 1 fully saturated rings. The lowest BCUT2D eigenvalue weighted by Crippen LogP contribution is -2.14. The number of nitrogens with two attached hydrogens (primary N) is 1. The van der Waals surface area contributed by atoms with Crippen LogP contribution in [0.5, 0.6) is 0 Å². The summed E-state index contributed by atoms with van der Waals surface area (Å²) < 4.78 is 0. The quantitative estimate of drug-likeness (QED) is 0.877. The number of anilines is 1. The summed E-state index contributed by atoms with van der Waals surface area (Å²) in [7, 11) is 0. The van der Waals surface area contributed by atoms with Crippen molar-refractivity contribution in [2.45, 2.75) is 18.9 Å². The number of primary amides is 1. The van der Waals surface area contributed by atoms with Crippen LogP contribution in [0.2, 0.25) is 5.02 Å². The van der Waals surface area contributed by atoms with Gasteiger partial charge in [-0.3, -0.25) is 4.79 Å². The fourth-order valence-electron chi connectivity index (χ4n) is 2.48. The minimum atomic E-state index is -0.405. The highest BCUT2D eigenvalue weighted by atomic mass is 35.5. The number of benzene rings is 2. The molecule has 0 radical (unpaired) electrons. The third-order valence-electron chi connectivity index (χ3n) is 3.81. The molecule has 0 aliphatic heterocycles. The molecule has 2 aromatic rings. The number of rotatable bonds is 5. The van der Waals surface area contributed by atoms with Crippen LogP contribution in [0.4, 0.5) is 5.69 Å². The van der Waals surface area contributed by atoms with E-state index in [2.05, 4.69) is 17.4 Å². The highest BCUT2D eigenvalue weighted by molar-refractivity contribution is 6.30. The molecule has 1 atom stereocenters. The van der Waals surface area contributed by atoms with Crippen molar-refractivity contribution in [1.29, 1.82) is 0 Å². The van der Waals surface area contributed by atoms with E-state index in [1.165, 1.54) is 18.4 Å². The van der Waals surface area contributed by atoms with E-state index in [0.29, 0.717) is 11.5 Å². The topological polar surface area (TPSA) is 55.1 Å². The molecule has 2 aromatic carbocycles. The predicted molar refractivity (Wildman–Crippen MR) is 85.5 cm³/mol. The Balaban J connectivity index is 1.79. The van der Waals surface area contributed by atoms with Crippen LogP contribution in [0, 0.1) is 5.92 Å². The summed E-state index contributed by atoms with van der Waals surface area (Å²) in [5, 5.41) is 4.30. The van der Waals surface area contributed by atoms with E-state index in [1.54, 1.807) is 12.1 Å². The van der Waals surface area contributed by atoms with Crippen molar-refractivity contribution in [2.24, 2.45) is 11.7 Å². The molecule has 0 aromatic heterocycles. The minimum Gasteiger partial charge on any atom is -0.378 e. The largest absolute Gasteiger partial charge is 0.378 e. The molecule has 0 heterocycles. The predicted octanol–water partition coefficient (Wildman–Crippen LogP) is 4.00. The van der Waals surface area contributed by atoms with Gasteiger partial charge in [0, 0.05) is 16.3 Å². The summed E-state index contributed by atoms with van der Waals surface area (Å²) in [6.45, 7) is 0. The maximum Gasteiger partial charge on any atom is 0.248 e. The number of carbonyl (C=O) groups excluding carboxylic acids is 1. The maximum atomic E-state index is 11.1. The number of carbonyl (C=O) groups is 1. The van der Waals surface area contributed by atoms with Gasteiger partial charge in [-0.15, -0.1) is 0 Å². The highest BCUT2D eigenvalue weighted by Crippen LogP contribution is 2.43. The molecule has 0 spiro atoms. The number of hydrogen-bond donors (Lipinski definition) is 2. The van der Waals surface area contributed by atoms with Gasteiger partial charge >= 0.3 is 0 Å². The van der Waals surface area contributed by atoms with Gasteiger partial charge in [0.05, 0.1) is 6.04 Å². The first-order valence-corrected chi connectivity index (χ1v) is 7.43. The van der Waals surface area contributed by atoms with E-state index < -0.39 is 5.91 Å².